The van der Waals surface area contributed by atoms with Crippen LogP contribution in [0.5, 0.6) is 0 Å². The summed E-state index contributed by atoms with van der Waals surface area (Å²) in [6, 6.07) is 0. The van der Waals surface area contributed by atoms with E-state index in [4.69, 9.17) is 12.2 Å². The van der Waals surface area contributed by atoms with Crippen molar-refractivity contribution < 1.29 is 4.79 Å². The third-order valence-electron chi connectivity index (χ3n) is 3.44. The Bertz CT molecular complexity index is 431. The number of amides is 1. The fourth-order valence-corrected chi connectivity index (χ4v) is 2.43. The molecule has 1 aliphatic rings. The fraction of sp³-hybridized carbons (Fsp3) is 0.583. The quantitative estimate of drug-likeness (QED) is 0.812. The molecule has 0 bridgehead atoms. The molecule has 5 heteroatoms. The van der Waals surface area contributed by atoms with E-state index in [9.17, 15) is 4.79 Å². The lowest BCUT2D eigenvalue weighted by Gasteiger charge is -2.17. The van der Waals surface area contributed by atoms with Gasteiger partial charge in [0.05, 0.1) is 6.20 Å². The largest absolute Gasteiger partial charge is 0.348 e. The summed E-state index contributed by atoms with van der Waals surface area (Å²) in [6.45, 7) is 2.00. The summed E-state index contributed by atoms with van der Waals surface area (Å²) < 4.78 is 0.562. The Hall–Kier alpha value is -1.23. The van der Waals surface area contributed by atoms with Crippen LogP contribution in [-0.4, -0.2) is 15.9 Å². The van der Waals surface area contributed by atoms with Gasteiger partial charge in [-0.25, -0.2) is 4.98 Å². The van der Waals surface area contributed by atoms with E-state index in [1.807, 2.05) is 6.92 Å². The van der Waals surface area contributed by atoms with Gasteiger partial charge in [-0.2, -0.15) is 0 Å². The van der Waals surface area contributed by atoms with Crippen LogP contribution in [0.25, 0.3) is 0 Å². The first-order valence-corrected chi connectivity index (χ1v) is 6.43. The highest BCUT2D eigenvalue weighted by molar-refractivity contribution is 7.71. The molecule has 1 fully saturated rings. The zero-order chi connectivity index (χ0) is 12.3. The highest BCUT2D eigenvalue weighted by Gasteiger charge is 2.26. The van der Waals surface area contributed by atoms with Crippen molar-refractivity contribution >= 4 is 23.9 Å². The molecule has 1 aromatic rings. The topological polar surface area (TPSA) is 57.8 Å². The molecule has 1 atom stereocenters. The smallest absolute Gasteiger partial charge is 0.228 e. The molecule has 2 N–H and O–H groups in total. The normalized spacial score (nSPS) is 17.9. The number of aromatic amines is 1. The molecule has 1 saturated carbocycles. The van der Waals surface area contributed by atoms with Gasteiger partial charge in [0, 0.05) is 12.1 Å². The monoisotopic (exact) mass is 251 g/mol. The predicted molar refractivity (Wildman–Crippen MR) is 69.2 cm³/mol. The summed E-state index contributed by atoms with van der Waals surface area (Å²) in [5.41, 5.74) is 0. The number of H-pyrrole nitrogens is 1. The van der Waals surface area contributed by atoms with E-state index in [0.717, 1.165) is 0 Å². The summed E-state index contributed by atoms with van der Waals surface area (Å²) in [7, 11) is 0. The lowest BCUT2D eigenvalue weighted by atomic mass is 9.92. The van der Waals surface area contributed by atoms with Gasteiger partial charge in [0.1, 0.15) is 10.5 Å². The zero-order valence-corrected chi connectivity index (χ0v) is 10.7. The minimum Gasteiger partial charge on any atom is -0.348 e. The Kier molecular flexibility index (Phi) is 3.89. The summed E-state index contributed by atoms with van der Waals surface area (Å²) in [5, 5.41) is 2.82. The van der Waals surface area contributed by atoms with Crippen LogP contribution < -0.4 is 5.32 Å². The van der Waals surface area contributed by atoms with Gasteiger partial charge < -0.3 is 10.3 Å². The Labute approximate surface area is 106 Å². The Morgan fingerprint density at radius 3 is 2.88 bits per heavy atom. The van der Waals surface area contributed by atoms with E-state index in [-0.39, 0.29) is 11.8 Å². The number of hydrogen-bond acceptors (Lipinski definition) is 3. The first kappa shape index (κ1) is 12.2. The molecule has 0 saturated heterocycles. The number of anilines is 1. The molecule has 1 unspecified atom stereocenters. The molecule has 17 heavy (non-hydrogen) atoms. The van der Waals surface area contributed by atoms with Gasteiger partial charge in [0.2, 0.25) is 5.91 Å². The minimum atomic E-state index is 0.0509. The van der Waals surface area contributed by atoms with Gasteiger partial charge in [-0.1, -0.05) is 32.0 Å². The first-order chi connectivity index (χ1) is 8.16. The van der Waals surface area contributed by atoms with Gasteiger partial charge in [-0.05, 0) is 18.8 Å². The van der Waals surface area contributed by atoms with E-state index < -0.39 is 0 Å². The minimum absolute atomic E-state index is 0.0509. The molecule has 0 aliphatic heterocycles. The maximum absolute atomic E-state index is 12.0. The number of nitrogens with zero attached hydrogens (tertiary/aromatic N) is 1. The van der Waals surface area contributed by atoms with Crippen molar-refractivity contribution in [3.05, 3.63) is 17.0 Å². The highest BCUT2D eigenvalue weighted by Crippen LogP contribution is 2.31. The van der Waals surface area contributed by atoms with Crippen LogP contribution in [0.4, 0.5) is 5.82 Å². The maximum atomic E-state index is 12.0. The average Bonchev–Trinajstić information content (AvgIpc) is 2.84. The van der Waals surface area contributed by atoms with Crippen molar-refractivity contribution in [2.24, 2.45) is 11.8 Å². The summed E-state index contributed by atoms with van der Waals surface area (Å²) in [5.74, 6) is 1.17. The highest BCUT2D eigenvalue weighted by atomic mass is 32.1. The van der Waals surface area contributed by atoms with Crippen molar-refractivity contribution in [2.45, 2.75) is 32.6 Å². The number of carbonyl (C=O) groups excluding carboxylic acids is 1. The predicted octanol–water partition coefficient (Wildman–Crippen LogP) is 2.90. The lowest BCUT2D eigenvalue weighted by molar-refractivity contribution is -0.120. The third-order valence-corrected chi connectivity index (χ3v) is 3.67. The summed E-state index contributed by atoms with van der Waals surface area (Å²) in [4.78, 5) is 18.9. The maximum Gasteiger partial charge on any atom is 0.228 e. The molecule has 0 radical (unpaired) electrons. The molecule has 0 aromatic carbocycles. The van der Waals surface area contributed by atoms with E-state index in [1.165, 1.54) is 31.9 Å². The van der Waals surface area contributed by atoms with Crippen LogP contribution >= 0.6 is 12.2 Å². The summed E-state index contributed by atoms with van der Waals surface area (Å²) in [6.07, 6.45) is 7.99. The molecular formula is C12H17N3OS. The third kappa shape index (κ3) is 3.12. The van der Waals surface area contributed by atoms with Gasteiger partial charge in [0.25, 0.3) is 0 Å². The van der Waals surface area contributed by atoms with Gasteiger partial charge >= 0.3 is 0 Å². The number of hydrogen-bond donors (Lipinski definition) is 2. The molecular weight excluding hydrogens is 234 g/mol. The van der Waals surface area contributed by atoms with Gasteiger partial charge in [-0.15, -0.1) is 0 Å². The van der Waals surface area contributed by atoms with Crippen LogP contribution in [0.2, 0.25) is 0 Å². The van der Waals surface area contributed by atoms with E-state index >= 15 is 0 Å². The Balaban J connectivity index is 1.96. The Morgan fingerprint density at radius 1 is 1.59 bits per heavy atom. The Morgan fingerprint density at radius 2 is 2.29 bits per heavy atom. The number of aromatic nitrogens is 2. The van der Waals surface area contributed by atoms with Crippen molar-refractivity contribution in [2.75, 3.05) is 5.32 Å². The second kappa shape index (κ2) is 5.40. The second-order valence-electron chi connectivity index (χ2n) is 4.62. The molecule has 0 spiro atoms. The number of carbonyl (C=O) groups is 1. The van der Waals surface area contributed by atoms with Crippen molar-refractivity contribution in [1.82, 2.24) is 9.97 Å². The van der Waals surface area contributed by atoms with E-state index in [2.05, 4.69) is 15.3 Å². The van der Waals surface area contributed by atoms with Crippen molar-refractivity contribution in [3.8, 4) is 0 Å². The van der Waals surface area contributed by atoms with Crippen molar-refractivity contribution in [3.63, 3.8) is 0 Å². The average molecular weight is 251 g/mol. The molecule has 2 rings (SSSR count). The molecule has 1 amide bonds. The standard InChI is InChI=1S/C12H17N3OS/c1-8(9-4-2-3-5-9)12(16)15-10-6-14-11(17)7-13-10/h6-9H,2-5H2,1H3,(H,14,17)(H,13,15,16). The molecule has 1 aliphatic carbocycles. The summed E-state index contributed by atoms with van der Waals surface area (Å²) >= 11 is 4.89. The lowest BCUT2D eigenvalue weighted by Crippen LogP contribution is -2.26. The van der Waals surface area contributed by atoms with Crippen LogP contribution in [0.3, 0.4) is 0 Å². The van der Waals surface area contributed by atoms with Crippen LogP contribution in [0.15, 0.2) is 12.4 Å². The fourth-order valence-electron chi connectivity index (χ4n) is 2.32. The van der Waals surface area contributed by atoms with Crippen LogP contribution in [0.1, 0.15) is 32.6 Å². The van der Waals surface area contributed by atoms with Crippen molar-refractivity contribution in [1.29, 1.82) is 0 Å². The van der Waals surface area contributed by atoms with E-state index in [1.54, 1.807) is 6.20 Å². The molecule has 4 nitrogen and oxygen atoms in total. The number of nitrogens with one attached hydrogen (secondary N) is 2. The SMILES string of the molecule is CC(C(=O)Nc1c[nH]c(=S)cn1)C1CCCC1. The number of rotatable bonds is 3. The first-order valence-electron chi connectivity index (χ1n) is 6.02. The van der Waals surface area contributed by atoms with Crippen LogP contribution in [0, 0.1) is 16.5 Å². The van der Waals surface area contributed by atoms with Gasteiger partial charge in [-0.3, -0.25) is 4.79 Å². The van der Waals surface area contributed by atoms with Gasteiger partial charge in [0.15, 0.2) is 0 Å². The zero-order valence-electron chi connectivity index (χ0n) is 9.90. The molecule has 1 aromatic heterocycles. The van der Waals surface area contributed by atoms with E-state index in [0.29, 0.717) is 16.4 Å². The molecule has 92 valence electrons. The molecule has 1 heterocycles. The van der Waals surface area contributed by atoms with Crippen LogP contribution in [-0.2, 0) is 4.79 Å². The second-order valence-corrected chi connectivity index (χ2v) is 5.06.